The van der Waals surface area contributed by atoms with Crippen molar-refractivity contribution in [2.75, 3.05) is 0 Å². The van der Waals surface area contributed by atoms with E-state index in [-0.39, 0.29) is 16.3 Å². The summed E-state index contributed by atoms with van der Waals surface area (Å²) in [4.78, 5) is 14.4. The van der Waals surface area contributed by atoms with Crippen molar-refractivity contribution < 1.29 is 9.45 Å². The van der Waals surface area contributed by atoms with E-state index < -0.39 is 4.92 Å². The van der Waals surface area contributed by atoms with Gasteiger partial charge in [0.25, 0.3) is 11.6 Å². The summed E-state index contributed by atoms with van der Waals surface area (Å²) in [5.41, 5.74) is 0.860. The van der Waals surface area contributed by atoms with Gasteiger partial charge >= 0.3 is 0 Å². The molecule has 82 valence electrons. The molecule has 0 aliphatic carbocycles. The zero-order valence-corrected chi connectivity index (χ0v) is 9.76. The van der Waals surface area contributed by atoms with E-state index in [1.165, 1.54) is 0 Å². The largest absolute Gasteiger partial charge is 0.333 e. The molecule has 0 spiro atoms. The van der Waals surface area contributed by atoms with Gasteiger partial charge in [0.15, 0.2) is 0 Å². The molecule has 0 aliphatic heterocycles. The standard InChI is InChI=1S/C9H6BrN3O3/c1-5-3-2-4-6(7(5)13(14)15)8-11-9(10)12-16-8/h2-4H,1H3. The molecule has 0 saturated carbocycles. The van der Waals surface area contributed by atoms with E-state index in [1.807, 2.05) is 0 Å². The van der Waals surface area contributed by atoms with Crippen molar-refractivity contribution in [1.29, 1.82) is 0 Å². The maximum Gasteiger partial charge on any atom is 0.285 e. The van der Waals surface area contributed by atoms with Crippen molar-refractivity contribution in [2.24, 2.45) is 0 Å². The lowest BCUT2D eigenvalue weighted by Crippen LogP contribution is -1.95. The Kier molecular flexibility index (Phi) is 2.69. The molecular weight excluding hydrogens is 278 g/mol. The zero-order valence-electron chi connectivity index (χ0n) is 8.18. The Bertz CT molecular complexity index is 553. The van der Waals surface area contributed by atoms with Gasteiger partial charge in [0.2, 0.25) is 4.73 Å². The number of para-hydroxylation sites is 1. The first-order chi connectivity index (χ1) is 7.59. The van der Waals surface area contributed by atoms with Crippen molar-refractivity contribution in [3.8, 4) is 11.5 Å². The molecule has 2 rings (SSSR count). The van der Waals surface area contributed by atoms with Crippen LogP contribution in [-0.2, 0) is 0 Å². The van der Waals surface area contributed by atoms with Crippen LogP contribution in [0.5, 0.6) is 0 Å². The maximum absolute atomic E-state index is 10.9. The van der Waals surface area contributed by atoms with E-state index >= 15 is 0 Å². The van der Waals surface area contributed by atoms with E-state index in [4.69, 9.17) is 4.52 Å². The quantitative estimate of drug-likeness (QED) is 0.625. The van der Waals surface area contributed by atoms with Gasteiger partial charge in [-0.05, 0) is 34.1 Å². The monoisotopic (exact) mass is 283 g/mol. The van der Waals surface area contributed by atoms with Gasteiger partial charge in [-0.2, -0.15) is 4.98 Å². The Morgan fingerprint density at radius 2 is 2.25 bits per heavy atom. The molecule has 0 bridgehead atoms. The molecule has 0 fully saturated rings. The minimum absolute atomic E-state index is 0.0151. The van der Waals surface area contributed by atoms with Crippen LogP contribution in [0.2, 0.25) is 0 Å². The summed E-state index contributed by atoms with van der Waals surface area (Å²) in [6.07, 6.45) is 0. The number of hydrogen-bond donors (Lipinski definition) is 0. The lowest BCUT2D eigenvalue weighted by atomic mass is 10.1. The van der Waals surface area contributed by atoms with Crippen LogP contribution < -0.4 is 0 Å². The molecule has 0 radical (unpaired) electrons. The second-order valence-corrected chi connectivity index (χ2v) is 3.81. The third-order valence-electron chi connectivity index (χ3n) is 2.05. The van der Waals surface area contributed by atoms with E-state index in [0.29, 0.717) is 11.1 Å². The van der Waals surface area contributed by atoms with Gasteiger partial charge in [-0.15, -0.1) is 0 Å². The summed E-state index contributed by atoms with van der Waals surface area (Å²) in [6.45, 7) is 1.66. The minimum atomic E-state index is -0.456. The third-order valence-corrected chi connectivity index (χ3v) is 2.37. The minimum Gasteiger partial charge on any atom is -0.333 e. The SMILES string of the molecule is Cc1cccc(-c2nc(Br)no2)c1[N+](=O)[O-]. The van der Waals surface area contributed by atoms with Crippen molar-refractivity contribution >= 4 is 21.6 Å². The second-order valence-electron chi connectivity index (χ2n) is 3.10. The van der Waals surface area contributed by atoms with Gasteiger partial charge in [0, 0.05) is 5.56 Å². The summed E-state index contributed by atoms with van der Waals surface area (Å²) < 4.78 is 5.15. The highest BCUT2D eigenvalue weighted by Gasteiger charge is 2.22. The molecule has 0 atom stereocenters. The number of aromatic nitrogens is 2. The van der Waals surface area contributed by atoms with Gasteiger partial charge in [-0.3, -0.25) is 10.1 Å². The molecule has 0 saturated heterocycles. The van der Waals surface area contributed by atoms with Crippen LogP contribution in [0.15, 0.2) is 27.5 Å². The van der Waals surface area contributed by atoms with Gasteiger partial charge in [-0.1, -0.05) is 12.1 Å². The third kappa shape index (κ3) is 1.81. The van der Waals surface area contributed by atoms with Crippen LogP contribution in [-0.4, -0.2) is 15.1 Å². The molecule has 0 amide bonds. The average Bonchev–Trinajstić information content (AvgIpc) is 2.63. The molecule has 0 unspecified atom stereocenters. The summed E-state index contributed by atoms with van der Waals surface area (Å²) in [5.74, 6) is 0.127. The topological polar surface area (TPSA) is 82.1 Å². The molecule has 2 aromatic rings. The van der Waals surface area contributed by atoms with E-state index in [2.05, 4.69) is 26.1 Å². The molecule has 1 heterocycles. The van der Waals surface area contributed by atoms with Crippen molar-refractivity contribution in [3.05, 3.63) is 38.6 Å². The Labute approximate surface area is 98.6 Å². The van der Waals surface area contributed by atoms with Crippen LogP contribution in [0.3, 0.4) is 0 Å². The fourth-order valence-electron chi connectivity index (χ4n) is 1.39. The van der Waals surface area contributed by atoms with Crippen LogP contribution >= 0.6 is 15.9 Å². The number of rotatable bonds is 2. The highest BCUT2D eigenvalue weighted by molar-refractivity contribution is 9.10. The van der Waals surface area contributed by atoms with Crippen molar-refractivity contribution in [3.63, 3.8) is 0 Å². The first kappa shape index (κ1) is 10.7. The number of nitro benzene ring substituents is 1. The first-order valence-electron chi connectivity index (χ1n) is 4.33. The summed E-state index contributed by atoms with van der Waals surface area (Å²) in [5, 5.41) is 14.5. The van der Waals surface area contributed by atoms with Gasteiger partial charge in [-0.25, -0.2) is 0 Å². The normalized spacial score (nSPS) is 10.4. The first-order valence-corrected chi connectivity index (χ1v) is 5.12. The molecule has 1 aromatic heterocycles. The van der Waals surface area contributed by atoms with Crippen LogP contribution in [0.25, 0.3) is 11.5 Å². The summed E-state index contributed by atoms with van der Waals surface area (Å²) in [7, 11) is 0. The van der Waals surface area contributed by atoms with Crippen LogP contribution in [0.1, 0.15) is 5.56 Å². The number of benzene rings is 1. The number of aryl methyl sites for hydroxylation is 1. The Morgan fingerprint density at radius 1 is 1.50 bits per heavy atom. The fraction of sp³-hybridized carbons (Fsp3) is 0.111. The fourth-order valence-corrected chi connectivity index (χ4v) is 1.62. The lowest BCUT2D eigenvalue weighted by Gasteiger charge is -2.00. The summed E-state index contributed by atoms with van der Waals surface area (Å²) >= 11 is 3.02. The van der Waals surface area contributed by atoms with E-state index in [0.717, 1.165) is 0 Å². The van der Waals surface area contributed by atoms with Gasteiger partial charge in [0.05, 0.1) is 4.92 Å². The van der Waals surface area contributed by atoms with Gasteiger partial charge in [0.1, 0.15) is 5.56 Å². The molecule has 0 N–H and O–H groups in total. The van der Waals surface area contributed by atoms with E-state index in [9.17, 15) is 10.1 Å². The van der Waals surface area contributed by atoms with Crippen molar-refractivity contribution in [2.45, 2.75) is 6.92 Å². The Balaban J connectivity index is 2.65. The van der Waals surface area contributed by atoms with Crippen LogP contribution in [0, 0.1) is 17.0 Å². The maximum atomic E-state index is 10.9. The Morgan fingerprint density at radius 3 is 2.81 bits per heavy atom. The Hall–Kier alpha value is -1.76. The number of hydrogen-bond acceptors (Lipinski definition) is 5. The molecule has 16 heavy (non-hydrogen) atoms. The van der Waals surface area contributed by atoms with Crippen molar-refractivity contribution in [1.82, 2.24) is 10.1 Å². The van der Waals surface area contributed by atoms with E-state index in [1.54, 1.807) is 25.1 Å². The smallest absolute Gasteiger partial charge is 0.285 e. The highest BCUT2D eigenvalue weighted by Crippen LogP contribution is 2.31. The predicted octanol–water partition coefficient (Wildman–Crippen LogP) is 2.72. The second kappa shape index (κ2) is 4.01. The molecule has 1 aromatic carbocycles. The molecule has 7 heteroatoms. The number of halogens is 1. The number of nitrogens with zero attached hydrogens (tertiary/aromatic N) is 3. The summed E-state index contributed by atoms with van der Waals surface area (Å²) in [6, 6.07) is 4.94. The van der Waals surface area contributed by atoms with Gasteiger partial charge < -0.3 is 4.52 Å². The average molecular weight is 284 g/mol. The highest BCUT2D eigenvalue weighted by atomic mass is 79.9. The molecule has 0 aliphatic rings. The zero-order chi connectivity index (χ0) is 11.7. The predicted molar refractivity (Wildman–Crippen MR) is 58.8 cm³/mol. The molecule has 6 nitrogen and oxygen atoms in total. The molecular formula is C9H6BrN3O3. The van der Waals surface area contributed by atoms with Crippen LogP contribution in [0.4, 0.5) is 5.69 Å². The lowest BCUT2D eigenvalue weighted by molar-refractivity contribution is -0.384. The number of nitro groups is 1.